The third-order valence-electron chi connectivity index (χ3n) is 2.51. The Morgan fingerprint density at radius 1 is 0.737 bits per heavy atom. The summed E-state index contributed by atoms with van der Waals surface area (Å²) in [5.41, 5.74) is 1.69. The highest BCUT2D eigenvalue weighted by molar-refractivity contribution is 5.64. The largest absolute Gasteiger partial charge is 0.573 e. The molecule has 0 N–H and O–H groups in total. The van der Waals surface area contributed by atoms with Gasteiger partial charge in [-0.15, -0.1) is 13.2 Å². The zero-order valence-electron chi connectivity index (χ0n) is 10.1. The van der Waals surface area contributed by atoms with Crippen molar-refractivity contribution in [3.8, 4) is 22.6 Å². The van der Waals surface area contributed by atoms with Gasteiger partial charge in [0, 0.05) is 0 Å². The summed E-state index contributed by atoms with van der Waals surface area (Å²) in [5.74, 6) is 0.491. The lowest BCUT2D eigenvalue weighted by Gasteiger charge is -2.09. The predicted octanol–water partition coefficient (Wildman–Crippen LogP) is 4.26. The minimum atomic E-state index is -4.67. The fraction of sp³-hybridized carbons (Fsp3) is 0.143. The van der Waals surface area contributed by atoms with Crippen molar-refractivity contribution < 1.29 is 22.6 Å². The van der Waals surface area contributed by atoms with Gasteiger partial charge in [-0.3, -0.25) is 0 Å². The van der Waals surface area contributed by atoms with Gasteiger partial charge < -0.3 is 9.47 Å². The van der Waals surface area contributed by atoms with E-state index in [-0.39, 0.29) is 5.75 Å². The summed E-state index contributed by atoms with van der Waals surface area (Å²) in [5, 5.41) is 0. The van der Waals surface area contributed by atoms with Crippen molar-refractivity contribution in [3.63, 3.8) is 0 Å². The Balaban J connectivity index is 2.17. The summed E-state index contributed by atoms with van der Waals surface area (Å²) in [6.45, 7) is 0. The Hall–Kier alpha value is -2.17. The fourth-order valence-corrected chi connectivity index (χ4v) is 1.63. The number of hydrogen-bond donors (Lipinski definition) is 0. The summed E-state index contributed by atoms with van der Waals surface area (Å²) >= 11 is 0. The molecule has 2 aromatic rings. The first-order valence-electron chi connectivity index (χ1n) is 5.48. The van der Waals surface area contributed by atoms with Crippen molar-refractivity contribution in [2.75, 3.05) is 7.11 Å². The summed E-state index contributed by atoms with van der Waals surface area (Å²) in [7, 11) is 1.57. The number of rotatable bonds is 3. The van der Waals surface area contributed by atoms with Crippen molar-refractivity contribution in [1.29, 1.82) is 0 Å². The van der Waals surface area contributed by atoms with Crippen LogP contribution >= 0.6 is 0 Å². The zero-order chi connectivity index (χ0) is 13.9. The number of benzene rings is 2. The Bertz CT molecular complexity index is 530. The lowest BCUT2D eigenvalue weighted by atomic mass is 10.1. The van der Waals surface area contributed by atoms with Crippen LogP contribution in [0.1, 0.15) is 0 Å². The first-order valence-corrected chi connectivity index (χ1v) is 5.48. The second-order valence-corrected chi connectivity index (χ2v) is 3.80. The fourth-order valence-electron chi connectivity index (χ4n) is 1.63. The van der Waals surface area contributed by atoms with Crippen molar-refractivity contribution >= 4 is 0 Å². The smallest absolute Gasteiger partial charge is 0.497 e. The molecule has 0 aliphatic heterocycles. The number of alkyl halides is 3. The van der Waals surface area contributed by atoms with E-state index in [1.807, 2.05) is 12.1 Å². The molecular formula is C14H11F3O2. The van der Waals surface area contributed by atoms with Gasteiger partial charge in [-0.05, 0) is 35.4 Å². The molecule has 2 rings (SSSR count). The van der Waals surface area contributed by atoms with E-state index in [4.69, 9.17) is 4.74 Å². The Morgan fingerprint density at radius 2 is 1.16 bits per heavy atom. The van der Waals surface area contributed by atoms with Crippen LogP contribution in [0.3, 0.4) is 0 Å². The number of ether oxygens (including phenoxy) is 2. The first-order chi connectivity index (χ1) is 8.98. The summed E-state index contributed by atoms with van der Waals surface area (Å²) in [6.07, 6.45) is -4.67. The molecule has 0 unspecified atom stereocenters. The molecule has 100 valence electrons. The molecule has 0 aliphatic rings. The van der Waals surface area contributed by atoms with E-state index in [1.54, 1.807) is 31.4 Å². The molecule has 0 radical (unpaired) electrons. The minimum Gasteiger partial charge on any atom is -0.497 e. The highest BCUT2D eigenvalue weighted by Gasteiger charge is 2.30. The average Bonchev–Trinajstić information content (AvgIpc) is 2.38. The maximum Gasteiger partial charge on any atom is 0.573 e. The van der Waals surface area contributed by atoms with Crippen molar-refractivity contribution in [3.05, 3.63) is 48.5 Å². The number of methoxy groups -OCH3 is 1. The molecule has 0 bridgehead atoms. The lowest BCUT2D eigenvalue weighted by molar-refractivity contribution is -0.274. The maximum absolute atomic E-state index is 12.0. The molecule has 2 nitrogen and oxygen atoms in total. The van der Waals surface area contributed by atoms with E-state index >= 15 is 0 Å². The van der Waals surface area contributed by atoms with E-state index < -0.39 is 6.36 Å². The van der Waals surface area contributed by atoms with Crippen molar-refractivity contribution in [2.45, 2.75) is 6.36 Å². The Labute approximate surface area is 108 Å². The molecule has 2 aromatic carbocycles. The molecule has 19 heavy (non-hydrogen) atoms. The summed E-state index contributed by atoms with van der Waals surface area (Å²) in [4.78, 5) is 0. The highest BCUT2D eigenvalue weighted by Crippen LogP contribution is 2.27. The number of halogens is 3. The molecule has 0 spiro atoms. The van der Waals surface area contributed by atoms with E-state index in [0.29, 0.717) is 0 Å². The van der Waals surface area contributed by atoms with Crippen LogP contribution in [-0.4, -0.2) is 13.5 Å². The zero-order valence-corrected chi connectivity index (χ0v) is 10.1. The third-order valence-corrected chi connectivity index (χ3v) is 2.51. The normalized spacial score (nSPS) is 11.2. The van der Waals surface area contributed by atoms with Crippen LogP contribution in [0.4, 0.5) is 13.2 Å². The van der Waals surface area contributed by atoms with E-state index in [0.717, 1.165) is 16.9 Å². The van der Waals surface area contributed by atoms with Crippen LogP contribution in [0.2, 0.25) is 0 Å². The molecule has 5 heteroatoms. The Kier molecular flexibility index (Phi) is 3.64. The van der Waals surface area contributed by atoms with Crippen LogP contribution in [0.15, 0.2) is 48.5 Å². The van der Waals surface area contributed by atoms with Gasteiger partial charge in [0.05, 0.1) is 7.11 Å². The van der Waals surface area contributed by atoms with Crippen LogP contribution in [0.25, 0.3) is 11.1 Å². The number of hydrogen-bond acceptors (Lipinski definition) is 2. The molecule has 0 atom stereocenters. The van der Waals surface area contributed by atoms with E-state index in [2.05, 4.69) is 4.74 Å². The summed E-state index contributed by atoms with van der Waals surface area (Å²) in [6, 6.07) is 13.0. The van der Waals surface area contributed by atoms with E-state index in [1.165, 1.54) is 12.1 Å². The molecule has 0 saturated carbocycles. The topological polar surface area (TPSA) is 18.5 Å². The molecule has 0 heterocycles. The quantitative estimate of drug-likeness (QED) is 0.828. The second-order valence-electron chi connectivity index (χ2n) is 3.80. The van der Waals surface area contributed by atoms with Gasteiger partial charge in [-0.1, -0.05) is 24.3 Å². The monoisotopic (exact) mass is 268 g/mol. The van der Waals surface area contributed by atoms with Gasteiger partial charge in [0.2, 0.25) is 0 Å². The second kappa shape index (κ2) is 5.22. The summed E-state index contributed by atoms with van der Waals surface area (Å²) < 4.78 is 44.9. The molecule has 0 amide bonds. The lowest BCUT2D eigenvalue weighted by Crippen LogP contribution is -2.16. The van der Waals surface area contributed by atoms with E-state index in [9.17, 15) is 13.2 Å². The van der Waals surface area contributed by atoms with Crippen LogP contribution in [0.5, 0.6) is 11.5 Å². The minimum absolute atomic E-state index is 0.232. The molecule has 0 aliphatic carbocycles. The van der Waals surface area contributed by atoms with Gasteiger partial charge >= 0.3 is 6.36 Å². The van der Waals surface area contributed by atoms with Crippen molar-refractivity contribution in [1.82, 2.24) is 0 Å². The predicted molar refractivity (Wildman–Crippen MR) is 65.1 cm³/mol. The average molecular weight is 268 g/mol. The van der Waals surface area contributed by atoms with Crippen molar-refractivity contribution in [2.24, 2.45) is 0 Å². The van der Waals surface area contributed by atoms with Gasteiger partial charge in [-0.2, -0.15) is 0 Å². The molecule has 0 fully saturated rings. The van der Waals surface area contributed by atoms with Gasteiger partial charge in [0.25, 0.3) is 0 Å². The molecular weight excluding hydrogens is 257 g/mol. The van der Waals surface area contributed by atoms with Crippen LogP contribution in [0, 0.1) is 0 Å². The molecule has 0 aromatic heterocycles. The maximum atomic E-state index is 12.0. The highest BCUT2D eigenvalue weighted by atomic mass is 19.4. The SMILES string of the molecule is COc1ccc(-c2ccc(OC(F)(F)F)cc2)cc1. The van der Waals surface area contributed by atoms with Crippen LogP contribution in [-0.2, 0) is 0 Å². The van der Waals surface area contributed by atoms with Gasteiger partial charge in [-0.25, -0.2) is 0 Å². The first kappa shape index (κ1) is 13.3. The van der Waals surface area contributed by atoms with Gasteiger partial charge in [0.1, 0.15) is 11.5 Å². The standard InChI is InChI=1S/C14H11F3O2/c1-18-12-6-2-10(3-7-12)11-4-8-13(9-5-11)19-14(15,16)17/h2-9H,1H3. The molecule has 0 saturated heterocycles. The van der Waals surface area contributed by atoms with Gasteiger partial charge in [0.15, 0.2) is 0 Å². The third kappa shape index (κ3) is 3.64. The van der Waals surface area contributed by atoms with Crippen LogP contribution < -0.4 is 9.47 Å². The Morgan fingerprint density at radius 3 is 1.53 bits per heavy atom.